The van der Waals surface area contributed by atoms with Gasteiger partial charge in [0.15, 0.2) is 0 Å². The average molecular weight is 298 g/mol. The maximum Gasteiger partial charge on any atom is 0.307 e. The lowest BCUT2D eigenvalue weighted by molar-refractivity contribution is -0.149. The second kappa shape index (κ2) is 7.41. The number of carboxylic acid groups (broad SMARTS) is 2. The molecule has 0 aliphatic heterocycles. The first-order valence-corrected chi connectivity index (χ1v) is 7.11. The van der Waals surface area contributed by atoms with Crippen LogP contribution in [-0.4, -0.2) is 22.2 Å². The van der Waals surface area contributed by atoms with Crippen molar-refractivity contribution in [2.24, 2.45) is 5.92 Å². The van der Waals surface area contributed by atoms with E-state index in [2.05, 4.69) is 0 Å². The third kappa shape index (κ3) is 4.19. The lowest BCUT2D eigenvalue weighted by Gasteiger charge is -2.23. The Morgan fingerprint density at radius 2 is 1.41 bits per heavy atom. The van der Waals surface area contributed by atoms with Crippen molar-refractivity contribution in [3.63, 3.8) is 0 Å². The fraction of sp³-hybridized carbons (Fsp3) is 0.222. The molecule has 114 valence electrons. The summed E-state index contributed by atoms with van der Waals surface area (Å²) in [7, 11) is 0. The summed E-state index contributed by atoms with van der Waals surface area (Å²) in [6, 6.07) is 18.8. The van der Waals surface area contributed by atoms with Crippen LogP contribution in [0.4, 0.5) is 0 Å². The Hall–Kier alpha value is -2.62. The van der Waals surface area contributed by atoms with Gasteiger partial charge in [-0.15, -0.1) is 0 Å². The van der Waals surface area contributed by atoms with Crippen molar-refractivity contribution in [2.45, 2.75) is 18.8 Å². The molecule has 0 aliphatic rings. The largest absolute Gasteiger partial charge is 0.481 e. The molecule has 4 nitrogen and oxygen atoms in total. The molecular weight excluding hydrogens is 280 g/mol. The minimum absolute atomic E-state index is 0.378. The molecule has 0 radical (unpaired) electrons. The van der Waals surface area contributed by atoms with Crippen LogP contribution in [-0.2, 0) is 16.0 Å². The van der Waals surface area contributed by atoms with Crippen molar-refractivity contribution in [1.29, 1.82) is 0 Å². The monoisotopic (exact) mass is 298 g/mol. The predicted molar refractivity (Wildman–Crippen MR) is 82.7 cm³/mol. The van der Waals surface area contributed by atoms with Crippen LogP contribution in [0.3, 0.4) is 0 Å². The maximum atomic E-state index is 11.6. The molecule has 2 aromatic rings. The van der Waals surface area contributed by atoms with Gasteiger partial charge in [0.2, 0.25) is 0 Å². The van der Waals surface area contributed by atoms with Gasteiger partial charge in [-0.2, -0.15) is 0 Å². The van der Waals surface area contributed by atoms with E-state index in [4.69, 9.17) is 5.11 Å². The Labute approximate surface area is 129 Å². The minimum atomic E-state index is -1.10. The van der Waals surface area contributed by atoms with Crippen molar-refractivity contribution in [2.75, 3.05) is 0 Å². The van der Waals surface area contributed by atoms with E-state index in [1.165, 1.54) is 0 Å². The molecule has 2 atom stereocenters. The maximum absolute atomic E-state index is 11.6. The van der Waals surface area contributed by atoms with Gasteiger partial charge in [0, 0.05) is 5.92 Å². The number of carboxylic acids is 2. The first-order chi connectivity index (χ1) is 10.6. The van der Waals surface area contributed by atoms with Gasteiger partial charge >= 0.3 is 11.9 Å². The highest BCUT2D eigenvalue weighted by Gasteiger charge is 2.31. The molecule has 0 bridgehead atoms. The molecule has 0 amide bonds. The van der Waals surface area contributed by atoms with Crippen LogP contribution in [0.1, 0.15) is 23.5 Å². The Kier molecular flexibility index (Phi) is 5.31. The molecule has 0 saturated heterocycles. The highest BCUT2D eigenvalue weighted by atomic mass is 16.4. The zero-order chi connectivity index (χ0) is 15.9. The Morgan fingerprint density at radius 3 is 1.91 bits per heavy atom. The highest BCUT2D eigenvalue weighted by molar-refractivity contribution is 5.78. The number of rotatable bonds is 7. The summed E-state index contributed by atoms with van der Waals surface area (Å²) < 4.78 is 0. The van der Waals surface area contributed by atoms with Crippen molar-refractivity contribution in [1.82, 2.24) is 0 Å². The quantitative estimate of drug-likeness (QED) is 0.823. The van der Waals surface area contributed by atoms with E-state index in [0.29, 0.717) is 6.42 Å². The second-order valence-electron chi connectivity index (χ2n) is 5.25. The zero-order valence-electron chi connectivity index (χ0n) is 12.1. The topological polar surface area (TPSA) is 74.6 Å². The van der Waals surface area contributed by atoms with Crippen LogP contribution in [0.15, 0.2) is 60.7 Å². The van der Waals surface area contributed by atoms with Gasteiger partial charge in [-0.25, -0.2) is 0 Å². The molecule has 0 fully saturated rings. The Morgan fingerprint density at radius 1 is 0.864 bits per heavy atom. The summed E-state index contributed by atoms with van der Waals surface area (Å²) >= 11 is 0. The predicted octanol–water partition coefficient (Wildman–Crippen LogP) is 3.19. The third-order valence-corrected chi connectivity index (χ3v) is 3.72. The third-order valence-electron chi connectivity index (χ3n) is 3.72. The smallest absolute Gasteiger partial charge is 0.307 e. The van der Waals surface area contributed by atoms with Gasteiger partial charge in [-0.1, -0.05) is 60.7 Å². The van der Waals surface area contributed by atoms with E-state index in [1.807, 2.05) is 60.7 Å². The van der Waals surface area contributed by atoms with Crippen molar-refractivity contribution in [3.05, 3.63) is 71.8 Å². The van der Waals surface area contributed by atoms with Crippen molar-refractivity contribution >= 4 is 11.9 Å². The number of carbonyl (C=O) groups is 2. The normalized spacial score (nSPS) is 13.3. The fourth-order valence-electron chi connectivity index (χ4n) is 2.65. The summed E-state index contributed by atoms with van der Waals surface area (Å²) in [6.45, 7) is 0. The first-order valence-electron chi connectivity index (χ1n) is 7.11. The van der Waals surface area contributed by atoms with Crippen LogP contribution < -0.4 is 0 Å². The van der Waals surface area contributed by atoms with Crippen LogP contribution in [0.2, 0.25) is 0 Å². The van der Waals surface area contributed by atoms with E-state index in [9.17, 15) is 14.7 Å². The van der Waals surface area contributed by atoms with Crippen molar-refractivity contribution < 1.29 is 19.8 Å². The van der Waals surface area contributed by atoms with E-state index in [-0.39, 0.29) is 12.3 Å². The fourth-order valence-corrected chi connectivity index (χ4v) is 2.65. The van der Waals surface area contributed by atoms with E-state index < -0.39 is 17.9 Å². The van der Waals surface area contributed by atoms with E-state index in [0.717, 1.165) is 11.1 Å². The number of aliphatic carboxylic acids is 2. The minimum Gasteiger partial charge on any atom is -0.481 e. The second-order valence-corrected chi connectivity index (χ2v) is 5.25. The summed E-state index contributed by atoms with van der Waals surface area (Å²) in [5.41, 5.74) is 1.84. The summed E-state index contributed by atoms with van der Waals surface area (Å²) in [6.07, 6.45) is 0.108. The molecular formula is C18H18O4. The standard InChI is InChI=1S/C18H18O4/c19-17(20)12-16(18(21)22)15(14-9-5-2-6-10-14)11-13-7-3-1-4-8-13/h1-10,15-16H,11-12H2,(H,19,20)(H,21,22)/t15-,16+/m1/s1. The van der Waals surface area contributed by atoms with Crippen LogP contribution in [0, 0.1) is 5.92 Å². The van der Waals surface area contributed by atoms with Gasteiger partial charge in [0.1, 0.15) is 0 Å². The Bertz CT molecular complexity index is 622. The highest BCUT2D eigenvalue weighted by Crippen LogP contribution is 2.31. The summed E-state index contributed by atoms with van der Waals surface area (Å²) in [5.74, 6) is -3.51. The average Bonchev–Trinajstić information content (AvgIpc) is 2.52. The molecule has 2 N–H and O–H groups in total. The van der Waals surface area contributed by atoms with Gasteiger partial charge in [0.05, 0.1) is 12.3 Å². The molecule has 0 aliphatic carbocycles. The molecule has 22 heavy (non-hydrogen) atoms. The summed E-state index contributed by atoms with van der Waals surface area (Å²) in [4.78, 5) is 22.6. The van der Waals surface area contributed by atoms with E-state index >= 15 is 0 Å². The summed E-state index contributed by atoms with van der Waals surface area (Å²) in [5, 5.41) is 18.5. The van der Waals surface area contributed by atoms with E-state index in [1.54, 1.807) is 0 Å². The lowest BCUT2D eigenvalue weighted by atomic mass is 9.80. The van der Waals surface area contributed by atoms with Crippen LogP contribution in [0.25, 0.3) is 0 Å². The molecule has 2 rings (SSSR count). The van der Waals surface area contributed by atoms with Crippen LogP contribution >= 0.6 is 0 Å². The van der Waals surface area contributed by atoms with Crippen LogP contribution in [0.5, 0.6) is 0 Å². The molecule has 0 aromatic heterocycles. The molecule has 4 heteroatoms. The molecule has 0 unspecified atom stereocenters. The molecule has 0 saturated carbocycles. The van der Waals surface area contributed by atoms with Gasteiger partial charge in [-0.3, -0.25) is 9.59 Å². The number of hydrogen-bond donors (Lipinski definition) is 2. The Balaban J connectivity index is 2.35. The molecule has 0 heterocycles. The number of benzene rings is 2. The van der Waals surface area contributed by atoms with Gasteiger partial charge in [-0.05, 0) is 17.5 Å². The van der Waals surface area contributed by atoms with Crippen molar-refractivity contribution in [3.8, 4) is 0 Å². The lowest BCUT2D eigenvalue weighted by Crippen LogP contribution is -2.26. The molecule has 0 spiro atoms. The molecule has 2 aromatic carbocycles. The SMILES string of the molecule is O=C(O)C[C@H](C(=O)O)[C@H](Cc1ccccc1)c1ccccc1. The number of hydrogen-bond acceptors (Lipinski definition) is 2. The first kappa shape index (κ1) is 15.8. The van der Waals surface area contributed by atoms with Gasteiger partial charge < -0.3 is 10.2 Å². The zero-order valence-corrected chi connectivity index (χ0v) is 12.1. The van der Waals surface area contributed by atoms with Gasteiger partial charge in [0.25, 0.3) is 0 Å².